The molecular formula is C18H29FN2. The van der Waals surface area contributed by atoms with Crippen molar-refractivity contribution in [1.82, 2.24) is 10.2 Å². The molecule has 0 radical (unpaired) electrons. The predicted molar refractivity (Wildman–Crippen MR) is 87.1 cm³/mol. The molecule has 0 amide bonds. The van der Waals surface area contributed by atoms with Gasteiger partial charge in [0.15, 0.2) is 0 Å². The van der Waals surface area contributed by atoms with Crippen molar-refractivity contribution in [1.29, 1.82) is 0 Å². The van der Waals surface area contributed by atoms with Gasteiger partial charge in [-0.2, -0.15) is 0 Å². The SMILES string of the molecule is CC(Cc1ccc(F)cc1)NCC1(N(C)C)CCCCC1. The van der Waals surface area contributed by atoms with Crippen LogP contribution in [-0.2, 0) is 6.42 Å². The summed E-state index contributed by atoms with van der Waals surface area (Å²) < 4.78 is 12.9. The van der Waals surface area contributed by atoms with Crippen LogP contribution in [0.5, 0.6) is 0 Å². The van der Waals surface area contributed by atoms with Gasteiger partial charge in [0.05, 0.1) is 0 Å². The number of rotatable bonds is 6. The lowest BCUT2D eigenvalue weighted by Crippen LogP contribution is -2.54. The van der Waals surface area contributed by atoms with Gasteiger partial charge in [0.2, 0.25) is 0 Å². The fraction of sp³-hybridized carbons (Fsp3) is 0.667. The highest BCUT2D eigenvalue weighted by Gasteiger charge is 2.33. The zero-order chi connectivity index (χ0) is 15.3. The molecule has 1 unspecified atom stereocenters. The predicted octanol–water partition coefficient (Wildman–Crippen LogP) is 3.61. The van der Waals surface area contributed by atoms with Gasteiger partial charge in [0.25, 0.3) is 0 Å². The van der Waals surface area contributed by atoms with Crippen molar-refractivity contribution in [2.75, 3.05) is 20.6 Å². The highest BCUT2D eigenvalue weighted by atomic mass is 19.1. The molecule has 0 spiro atoms. The van der Waals surface area contributed by atoms with Crippen molar-refractivity contribution < 1.29 is 4.39 Å². The molecule has 2 nitrogen and oxygen atoms in total. The van der Waals surface area contributed by atoms with Crippen LogP contribution in [0.1, 0.15) is 44.6 Å². The van der Waals surface area contributed by atoms with Gasteiger partial charge in [-0.3, -0.25) is 0 Å². The van der Waals surface area contributed by atoms with Gasteiger partial charge in [-0.05, 0) is 58.0 Å². The largest absolute Gasteiger partial charge is 0.312 e. The normalized spacial score (nSPS) is 19.7. The van der Waals surface area contributed by atoms with Crippen molar-refractivity contribution in [2.24, 2.45) is 0 Å². The van der Waals surface area contributed by atoms with Crippen LogP contribution in [0.2, 0.25) is 0 Å². The zero-order valence-electron chi connectivity index (χ0n) is 13.7. The van der Waals surface area contributed by atoms with Crippen molar-refractivity contribution in [3.05, 3.63) is 35.6 Å². The van der Waals surface area contributed by atoms with Gasteiger partial charge in [-0.1, -0.05) is 31.4 Å². The van der Waals surface area contributed by atoms with E-state index in [-0.39, 0.29) is 5.82 Å². The Kier molecular flexibility index (Phi) is 5.77. The first-order valence-corrected chi connectivity index (χ1v) is 8.17. The first-order chi connectivity index (χ1) is 10.0. The van der Waals surface area contributed by atoms with E-state index in [0.717, 1.165) is 13.0 Å². The monoisotopic (exact) mass is 292 g/mol. The van der Waals surface area contributed by atoms with E-state index in [1.807, 2.05) is 12.1 Å². The molecule has 21 heavy (non-hydrogen) atoms. The molecule has 1 atom stereocenters. The molecule has 1 aromatic rings. The Bertz CT molecular complexity index is 421. The summed E-state index contributed by atoms with van der Waals surface area (Å²) in [5.74, 6) is -0.159. The van der Waals surface area contributed by atoms with E-state index in [1.165, 1.54) is 37.7 Å². The number of benzene rings is 1. The smallest absolute Gasteiger partial charge is 0.123 e. The molecule has 2 rings (SSSR count). The maximum atomic E-state index is 12.9. The lowest BCUT2D eigenvalue weighted by molar-refractivity contribution is 0.0958. The van der Waals surface area contributed by atoms with E-state index in [4.69, 9.17) is 0 Å². The standard InChI is InChI=1S/C18H29FN2/c1-15(13-16-7-9-17(19)10-8-16)20-14-18(21(2)3)11-5-4-6-12-18/h7-10,15,20H,4-6,11-14H2,1-3H3. The second-order valence-electron chi connectivity index (χ2n) is 6.79. The quantitative estimate of drug-likeness (QED) is 0.861. The Balaban J connectivity index is 1.86. The average Bonchev–Trinajstić information content (AvgIpc) is 2.48. The fourth-order valence-corrected chi connectivity index (χ4v) is 3.40. The first kappa shape index (κ1) is 16.4. The molecule has 1 N–H and O–H groups in total. The maximum Gasteiger partial charge on any atom is 0.123 e. The molecule has 3 heteroatoms. The Hall–Kier alpha value is -0.930. The Labute approximate surface area is 128 Å². The lowest BCUT2D eigenvalue weighted by atomic mass is 9.80. The Morgan fingerprint density at radius 1 is 1.14 bits per heavy atom. The van der Waals surface area contributed by atoms with Crippen molar-refractivity contribution >= 4 is 0 Å². The van der Waals surface area contributed by atoms with Crippen LogP contribution in [-0.4, -0.2) is 37.1 Å². The summed E-state index contributed by atoms with van der Waals surface area (Å²) in [6.07, 6.45) is 7.58. The third-order valence-electron chi connectivity index (χ3n) is 4.97. The summed E-state index contributed by atoms with van der Waals surface area (Å²) in [5.41, 5.74) is 1.51. The molecule has 1 aliphatic rings. The van der Waals surface area contributed by atoms with Crippen molar-refractivity contribution in [3.8, 4) is 0 Å². The van der Waals surface area contributed by atoms with E-state index >= 15 is 0 Å². The molecule has 0 saturated heterocycles. The lowest BCUT2D eigenvalue weighted by Gasteiger charge is -2.44. The van der Waals surface area contributed by atoms with E-state index in [0.29, 0.717) is 11.6 Å². The summed E-state index contributed by atoms with van der Waals surface area (Å²) in [5, 5.41) is 3.70. The molecule has 1 aromatic carbocycles. The maximum absolute atomic E-state index is 12.9. The fourth-order valence-electron chi connectivity index (χ4n) is 3.40. The summed E-state index contributed by atoms with van der Waals surface area (Å²) >= 11 is 0. The van der Waals surface area contributed by atoms with Crippen molar-refractivity contribution in [2.45, 2.75) is 57.0 Å². The topological polar surface area (TPSA) is 15.3 Å². The second-order valence-corrected chi connectivity index (χ2v) is 6.79. The summed E-state index contributed by atoms with van der Waals surface area (Å²) in [4.78, 5) is 2.41. The molecule has 0 bridgehead atoms. The van der Waals surface area contributed by atoms with E-state index < -0.39 is 0 Å². The molecule has 1 fully saturated rings. The van der Waals surface area contributed by atoms with Crippen LogP contribution in [0.25, 0.3) is 0 Å². The first-order valence-electron chi connectivity index (χ1n) is 8.17. The minimum absolute atomic E-state index is 0.159. The van der Waals surface area contributed by atoms with Crippen LogP contribution in [0.15, 0.2) is 24.3 Å². The third kappa shape index (κ3) is 4.52. The molecule has 0 heterocycles. The molecule has 1 aliphatic carbocycles. The van der Waals surface area contributed by atoms with Crippen LogP contribution >= 0.6 is 0 Å². The van der Waals surface area contributed by atoms with Gasteiger partial charge in [0, 0.05) is 18.1 Å². The van der Waals surface area contributed by atoms with Gasteiger partial charge < -0.3 is 10.2 Å². The van der Waals surface area contributed by atoms with E-state index in [2.05, 4.69) is 31.2 Å². The number of nitrogens with one attached hydrogen (secondary N) is 1. The number of nitrogens with zero attached hydrogens (tertiary/aromatic N) is 1. The van der Waals surface area contributed by atoms with Gasteiger partial charge in [-0.15, -0.1) is 0 Å². The number of hydrogen-bond acceptors (Lipinski definition) is 2. The summed E-state index contributed by atoms with van der Waals surface area (Å²) in [7, 11) is 4.41. The zero-order valence-corrected chi connectivity index (χ0v) is 13.7. The minimum atomic E-state index is -0.159. The Morgan fingerprint density at radius 2 is 1.76 bits per heavy atom. The number of likely N-dealkylation sites (N-methyl/N-ethyl adjacent to an activating group) is 1. The molecular weight excluding hydrogens is 263 g/mol. The number of halogens is 1. The highest BCUT2D eigenvalue weighted by Crippen LogP contribution is 2.31. The van der Waals surface area contributed by atoms with Gasteiger partial charge in [0.1, 0.15) is 5.82 Å². The molecule has 0 aromatic heterocycles. The minimum Gasteiger partial charge on any atom is -0.312 e. The van der Waals surface area contributed by atoms with Crippen molar-refractivity contribution in [3.63, 3.8) is 0 Å². The van der Waals surface area contributed by atoms with Gasteiger partial charge >= 0.3 is 0 Å². The average molecular weight is 292 g/mol. The summed E-state index contributed by atoms with van der Waals surface area (Å²) in [6, 6.07) is 7.27. The van der Waals surface area contributed by atoms with E-state index in [1.54, 1.807) is 12.1 Å². The molecule has 0 aliphatic heterocycles. The third-order valence-corrected chi connectivity index (χ3v) is 4.97. The van der Waals surface area contributed by atoms with Crippen LogP contribution < -0.4 is 5.32 Å². The number of hydrogen-bond donors (Lipinski definition) is 1. The van der Waals surface area contributed by atoms with Crippen LogP contribution in [0.4, 0.5) is 4.39 Å². The molecule has 118 valence electrons. The Morgan fingerprint density at radius 3 is 2.33 bits per heavy atom. The van der Waals surface area contributed by atoms with E-state index in [9.17, 15) is 4.39 Å². The van der Waals surface area contributed by atoms with Crippen LogP contribution in [0.3, 0.4) is 0 Å². The second kappa shape index (κ2) is 7.37. The summed E-state index contributed by atoms with van der Waals surface area (Å²) in [6.45, 7) is 3.26. The highest BCUT2D eigenvalue weighted by molar-refractivity contribution is 5.17. The molecule has 1 saturated carbocycles. The van der Waals surface area contributed by atoms with Gasteiger partial charge in [-0.25, -0.2) is 4.39 Å². The van der Waals surface area contributed by atoms with Crippen LogP contribution in [0, 0.1) is 5.82 Å².